The number of carbonyl (C=O) groups excluding carboxylic acids is 2. The molecule has 5 atom stereocenters. The van der Waals surface area contributed by atoms with Gasteiger partial charge in [0.05, 0.1) is 25.4 Å². The first kappa shape index (κ1) is 56.8. The second kappa shape index (κ2) is 39.9. The fourth-order valence-corrected chi connectivity index (χ4v) is 6.25. The van der Waals surface area contributed by atoms with Crippen LogP contribution in [-0.4, -0.2) is 82.3 Å². The van der Waals surface area contributed by atoms with Crippen LogP contribution in [0.2, 0.25) is 0 Å². The molecular formula is C46H78NO12P. The van der Waals surface area contributed by atoms with Crippen molar-refractivity contribution in [2.75, 3.05) is 19.8 Å². The molecule has 0 spiro atoms. The number of nitrogens with two attached hydrogens (primary N) is 1. The fraction of sp³-hybridized carbons (Fsp3) is 0.674. The fourth-order valence-electron chi connectivity index (χ4n) is 5.48. The third-order valence-corrected chi connectivity index (χ3v) is 10.1. The van der Waals surface area contributed by atoms with Crippen molar-refractivity contribution in [3.8, 4) is 0 Å². The molecule has 13 nitrogen and oxygen atoms in total. The van der Waals surface area contributed by atoms with Crippen molar-refractivity contribution in [3.05, 3.63) is 72.9 Å². The Bertz CT molecular complexity index is 1330. The number of aliphatic hydroxyl groups excluding tert-OH is 2. The number of ether oxygens (including phenoxy) is 2. The minimum Gasteiger partial charge on any atom is -0.480 e. The van der Waals surface area contributed by atoms with Crippen molar-refractivity contribution in [1.29, 1.82) is 0 Å². The highest BCUT2D eigenvalue weighted by Crippen LogP contribution is 2.43. The maximum Gasteiger partial charge on any atom is 0.472 e. The maximum atomic E-state index is 12.7. The van der Waals surface area contributed by atoms with E-state index in [-0.39, 0.29) is 32.1 Å². The van der Waals surface area contributed by atoms with Crippen molar-refractivity contribution in [3.63, 3.8) is 0 Å². The van der Waals surface area contributed by atoms with Crippen LogP contribution >= 0.6 is 7.82 Å². The van der Waals surface area contributed by atoms with Crippen LogP contribution in [0.4, 0.5) is 0 Å². The molecule has 0 aromatic rings. The van der Waals surface area contributed by atoms with Gasteiger partial charge in [-0.25, -0.2) is 4.57 Å². The van der Waals surface area contributed by atoms with E-state index in [9.17, 15) is 34.1 Å². The molecule has 0 aromatic carbocycles. The van der Waals surface area contributed by atoms with E-state index in [0.29, 0.717) is 19.3 Å². The monoisotopic (exact) mass is 868 g/mol. The van der Waals surface area contributed by atoms with Crippen molar-refractivity contribution < 1.29 is 57.7 Å². The molecule has 6 N–H and O–H groups in total. The minimum absolute atomic E-state index is 0.0860. The lowest BCUT2D eigenvalue weighted by molar-refractivity contribution is -0.161. The molecule has 0 aliphatic heterocycles. The van der Waals surface area contributed by atoms with Crippen molar-refractivity contribution in [2.45, 2.75) is 179 Å². The zero-order valence-corrected chi connectivity index (χ0v) is 37.4. The van der Waals surface area contributed by atoms with E-state index >= 15 is 0 Å². The summed E-state index contributed by atoms with van der Waals surface area (Å²) in [6, 6.07) is -1.58. The molecule has 0 saturated heterocycles. The smallest absolute Gasteiger partial charge is 0.472 e. The second-order valence-electron chi connectivity index (χ2n) is 14.8. The summed E-state index contributed by atoms with van der Waals surface area (Å²) in [5.41, 5.74) is 5.31. The first-order valence-electron chi connectivity index (χ1n) is 22.1. The number of rotatable bonds is 40. The number of aliphatic hydroxyl groups is 2. The highest BCUT2D eigenvalue weighted by Gasteiger charge is 2.28. The van der Waals surface area contributed by atoms with Crippen LogP contribution in [0.5, 0.6) is 0 Å². The number of carbonyl (C=O) groups is 3. The first-order valence-corrected chi connectivity index (χ1v) is 23.6. The predicted octanol–water partition coefficient (Wildman–Crippen LogP) is 9.67. The lowest BCUT2D eigenvalue weighted by Gasteiger charge is -2.20. The van der Waals surface area contributed by atoms with E-state index in [1.165, 1.54) is 57.8 Å². The Morgan fingerprint density at radius 2 is 1.05 bits per heavy atom. The Balaban J connectivity index is 4.70. The molecule has 14 heteroatoms. The number of carboxylic acid groups (broad SMARTS) is 1. The summed E-state index contributed by atoms with van der Waals surface area (Å²) in [6.07, 6.45) is 40.0. The summed E-state index contributed by atoms with van der Waals surface area (Å²) in [6.45, 7) is 2.41. The van der Waals surface area contributed by atoms with Crippen LogP contribution in [0, 0.1) is 0 Å². The summed E-state index contributed by atoms with van der Waals surface area (Å²) in [5.74, 6) is -2.78. The van der Waals surface area contributed by atoms with Gasteiger partial charge in [0, 0.05) is 12.8 Å². The zero-order chi connectivity index (χ0) is 44.5. The van der Waals surface area contributed by atoms with Gasteiger partial charge in [-0.2, -0.15) is 0 Å². The number of phosphoric ester groups is 1. The molecule has 60 heavy (non-hydrogen) atoms. The number of unbranched alkanes of at least 4 members (excludes halogenated alkanes) is 10. The van der Waals surface area contributed by atoms with Crippen molar-refractivity contribution in [1.82, 2.24) is 0 Å². The molecule has 0 fully saturated rings. The molecular weight excluding hydrogens is 789 g/mol. The van der Waals surface area contributed by atoms with Gasteiger partial charge in [0.1, 0.15) is 12.6 Å². The summed E-state index contributed by atoms with van der Waals surface area (Å²) >= 11 is 0. The van der Waals surface area contributed by atoms with E-state index in [2.05, 4.69) is 60.9 Å². The van der Waals surface area contributed by atoms with Gasteiger partial charge in [-0.1, -0.05) is 132 Å². The van der Waals surface area contributed by atoms with E-state index < -0.39 is 69.9 Å². The SMILES string of the molecule is CCCCC/C=C\C/C=C\C/C=C\CC(O)C(O)CCCC(=O)O[C@H](COC(=O)CCC/C=C\C/C=C\C/C=C\CCCCCCCC)COP(=O)(O)OC[C@H](N)C(=O)O. The van der Waals surface area contributed by atoms with Gasteiger partial charge >= 0.3 is 25.7 Å². The maximum absolute atomic E-state index is 12.7. The normalized spacial score (nSPS) is 15.4. The van der Waals surface area contributed by atoms with E-state index in [1.807, 2.05) is 24.3 Å². The van der Waals surface area contributed by atoms with Crippen LogP contribution in [0.15, 0.2) is 72.9 Å². The highest BCUT2D eigenvalue weighted by atomic mass is 31.2. The molecule has 0 aliphatic carbocycles. The predicted molar refractivity (Wildman–Crippen MR) is 238 cm³/mol. The largest absolute Gasteiger partial charge is 0.480 e. The average molecular weight is 868 g/mol. The van der Waals surface area contributed by atoms with Crippen LogP contribution in [0.1, 0.15) is 155 Å². The lowest BCUT2D eigenvalue weighted by Crippen LogP contribution is -2.34. The topological polar surface area (TPSA) is 212 Å². The minimum atomic E-state index is -4.81. The Hall–Kier alpha value is -3.16. The van der Waals surface area contributed by atoms with Gasteiger partial charge in [0.25, 0.3) is 0 Å². The van der Waals surface area contributed by atoms with Gasteiger partial charge in [-0.05, 0) is 83.5 Å². The summed E-state index contributed by atoms with van der Waals surface area (Å²) in [4.78, 5) is 46.0. The third kappa shape index (κ3) is 37.8. The number of hydrogen-bond acceptors (Lipinski definition) is 11. The number of carboxylic acids is 1. The Morgan fingerprint density at radius 3 is 1.63 bits per heavy atom. The summed E-state index contributed by atoms with van der Waals surface area (Å²) < 4.78 is 32.4. The average Bonchev–Trinajstić information content (AvgIpc) is 3.22. The number of esters is 2. The van der Waals surface area contributed by atoms with Gasteiger partial charge in [-0.3, -0.25) is 23.4 Å². The van der Waals surface area contributed by atoms with Gasteiger partial charge < -0.3 is 35.4 Å². The van der Waals surface area contributed by atoms with Gasteiger partial charge in [0.15, 0.2) is 6.10 Å². The number of aliphatic carboxylic acids is 1. The Morgan fingerprint density at radius 1 is 0.583 bits per heavy atom. The zero-order valence-electron chi connectivity index (χ0n) is 36.5. The van der Waals surface area contributed by atoms with E-state index in [1.54, 1.807) is 6.08 Å². The molecule has 3 unspecified atom stereocenters. The molecule has 0 heterocycles. The highest BCUT2D eigenvalue weighted by molar-refractivity contribution is 7.47. The second-order valence-corrected chi connectivity index (χ2v) is 16.2. The summed E-state index contributed by atoms with van der Waals surface area (Å²) in [5, 5.41) is 29.6. The van der Waals surface area contributed by atoms with E-state index in [4.69, 9.17) is 24.8 Å². The van der Waals surface area contributed by atoms with Crippen LogP contribution in [0.25, 0.3) is 0 Å². The molecule has 344 valence electrons. The number of allylic oxidation sites excluding steroid dienone is 11. The van der Waals surface area contributed by atoms with Crippen LogP contribution in [-0.2, 0) is 37.5 Å². The Kier molecular flexibility index (Phi) is 37.8. The molecule has 0 saturated carbocycles. The van der Waals surface area contributed by atoms with Crippen molar-refractivity contribution >= 4 is 25.7 Å². The molecule has 0 radical (unpaired) electrons. The number of phosphoric acid groups is 1. The molecule has 0 bridgehead atoms. The Labute approximate surface area is 360 Å². The van der Waals surface area contributed by atoms with Gasteiger partial charge in [0.2, 0.25) is 0 Å². The quantitative estimate of drug-likeness (QED) is 0.0168. The summed E-state index contributed by atoms with van der Waals surface area (Å²) in [7, 11) is -4.81. The lowest BCUT2D eigenvalue weighted by atomic mass is 10.0. The standard InChI is InChI=1S/C46H78NO12P/c1-3-5-7-9-11-13-15-17-18-19-20-21-23-25-27-29-31-35-44(50)56-37-40(38-57-60(54,55)58-39-41(47)46(52)53)59-45(51)36-32-34-43(49)42(48)33-30-28-26-24-22-16-14-12-10-8-6-4-2/h12,14,17-18,20-22,24-25,27-28,30,40-43,48-49H,3-11,13,15-16,19,23,26,29,31-39,47H2,1-2H3,(H,52,53)(H,54,55)/b14-12-,18-17-,21-20-,24-22-,27-25-,30-28-/t40-,41+,42?,43?/m1/s1. The van der Waals surface area contributed by atoms with Crippen LogP contribution < -0.4 is 5.73 Å². The third-order valence-electron chi connectivity index (χ3n) is 9.13. The molecule has 0 rings (SSSR count). The molecule has 0 aromatic heterocycles. The first-order chi connectivity index (χ1) is 28.9. The molecule has 0 amide bonds. The molecule has 0 aliphatic rings. The van der Waals surface area contributed by atoms with Crippen molar-refractivity contribution in [2.24, 2.45) is 5.73 Å². The number of hydrogen-bond donors (Lipinski definition) is 5. The van der Waals surface area contributed by atoms with Gasteiger partial charge in [-0.15, -0.1) is 0 Å². The van der Waals surface area contributed by atoms with E-state index in [0.717, 1.165) is 32.1 Å². The van der Waals surface area contributed by atoms with Crippen LogP contribution in [0.3, 0.4) is 0 Å².